The lowest BCUT2D eigenvalue weighted by molar-refractivity contribution is 0.0815. The Morgan fingerprint density at radius 2 is 2.08 bits per heavy atom. The first-order valence-electron chi connectivity index (χ1n) is 9.14. The molecule has 0 spiro atoms. The summed E-state index contributed by atoms with van der Waals surface area (Å²) in [6, 6.07) is 4.08. The zero-order valence-electron chi connectivity index (χ0n) is 14.7. The van der Waals surface area contributed by atoms with Crippen molar-refractivity contribution in [3.63, 3.8) is 0 Å². The lowest BCUT2D eigenvalue weighted by Gasteiger charge is -2.49. The molecule has 2 saturated carbocycles. The molecule has 0 bridgehead atoms. The number of nitrogens with two attached hydrogens (primary N) is 1. The monoisotopic (exact) mass is 325 g/mol. The highest BCUT2D eigenvalue weighted by atomic mass is 16.5. The van der Waals surface area contributed by atoms with Crippen LogP contribution in [0.5, 0.6) is 5.75 Å². The van der Waals surface area contributed by atoms with Gasteiger partial charge in [-0.15, -0.1) is 0 Å². The number of rotatable bonds is 2. The molecule has 3 aliphatic carbocycles. The molecular formula is C21H27NO2. The molecule has 1 amide bonds. The van der Waals surface area contributed by atoms with Gasteiger partial charge in [-0.3, -0.25) is 4.79 Å². The molecule has 0 saturated heterocycles. The summed E-state index contributed by atoms with van der Waals surface area (Å²) in [6.07, 6.45) is 7.19. The maximum atomic E-state index is 11.7. The maximum absolute atomic E-state index is 11.7. The van der Waals surface area contributed by atoms with Gasteiger partial charge in [0.1, 0.15) is 5.75 Å². The second-order valence-corrected chi connectivity index (χ2v) is 8.13. The third-order valence-corrected chi connectivity index (χ3v) is 7.26. The smallest absolute Gasteiger partial charge is 0.252 e. The van der Waals surface area contributed by atoms with Crippen LogP contribution in [-0.4, -0.2) is 13.0 Å². The minimum atomic E-state index is -0.403. The minimum absolute atomic E-state index is 0.343. The van der Waals surface area contributed by atoms with Gasteiger partial charge in [-0.2, -0.15) is 0 Å². The van der Waals surface area contributed by atoms with Gasteiger partial charge in [0.15, 0.2) is 0 Å². The molecule has 0 aliphatic heterocycles. The van der Waals surface area contributed by atoms with Gasteiger partial charge in [0.2, 0.25) is 0 Å². The van der Waals surface area contributed by atoms with E-state index in [1.165, 1.54) is 48.8 Å². The van der Waals surface area contributed by atoms with E-state index < -0.39 is 5.91 Å². The van der Waals surface area contributed by atoms with Crippen LogP contribution in [0, 0.1) is 17.3 Å². The summed E-state index contributed by atoms with van der Waals surface area (Å²) in [5.74, 6) is 2.32. The Bertz CT molecular complexity index is 723. The van der Waals surface area contributed by atoms with E-state index in [0.29, 0.717) is 22.6 Å². The summed E-state index contributed by atoms with van der Waals surface area (Å²) in [5, 5.41) is 0. The predicted octanol–water partition coefficient (Wildman–Crippen LogP) is 4.21. The Balaban J connectivity index is 1.75. The van der Waals surface area contributed by atoms with Crippen molar-refractivity contribution < 1.29 is 9.53 Å². The summed E-state index contributed by atoms with van der Waals surface area (Å²) >= 11 is 0. The fourth-order valence-corrected chi connectivity index (χ4v) is 5.87. The summed E-state index contributed by atoms with van der Waals surface area (Å²) in [6.45, 7) is 6.82. The Morgan fingerprint density at radius 3 is 2.79 bits per heavy atom. The van der Waals surface area contributed by atoms with Crippen LogP contribution in [-0.2, 0) is 6.42 Å². The van der Waals surface area contributed by atoms with E-state index in [4.69, 9.17) is 10.5 Å². The van der Waals surface area contributed by atoms with E-state index in [0.717, 1.165) is 18.3 Å². The molecule has 3 heteroatoms. The topological polar surface area (TPSA) is 52.3 Å². The molecule has 0 aromatic heterocycles. The Kier molecular flexibility index (Phi) is 3.52. The lowest BCUT2D eigenvalue weighted by atomic mass is 9.55. The van der Waals surface area contributed by atoms with Gasteiger partial charge in [0, 0.05) is 0 Å². The molecule has 1 aromatic rings. The number of carbonyl (C=O) groups excluding carboxylic acids is 1. The molecule has 128 valence electrons. The quantitative estimate of drug-likeness (QED) is 0.828. The molecule has 0 heterocycles. The first-order valence-corrected chi connectivity index (χ1v) is 9.14. The molecule has 3 unspecified atom stereocenters. The number of allylic oxidation sites excluding steroid dienone is 1. The number of hydrogen-bond donors (Lipinski definition) is 1. The number of fused-ring (bicyclic) bond motifs is 5. The van der Waals surface area contributed by atoms with Crippen molar-refractivity contribution in [2.24, 2.45) is 23.0 Å². The largest absolute Gasteiger partial charge is 0.496 e. The number of amides is 1. The Hall–Kier alpha value is -1.77. The van der Waals surface area contributed by atoms with Crippen molar-refractivity contribution in [3.8, 4) is 5.75 Å². The number of carbonyl (C=O) groups is 1. The SMILES string of the molecule is C=C1CCC2C3CCc4cc(C(N)=O)c(OC)cc4C3CC[C@]12C. The highest BCUT2D eigenvalue weighted by molar-refractivity contribution is 5.96. The number of aryl methyl sites for hydroxylation is 1. The van der Waals surface area contributed by atoms with Crippen molar-refractivity contribution in [1.82, 2.24) is 0 Å². The van der Waals surface area contributed by atoms with Crippen LogP contribution in [0.1, 0.15) is 66.4 Å². The Labute approximate surface area is 144 Å². The highest BCUT2D eigenvalue weighted by Gasteiger charge is 2.52. The maximum Gasteiger partial charge on any atom is 0.252 e. The van der Waals surface area contributed by atoms with Gasteiger partial charge >= 0.3 is 0 Å². The van der Waals surface area contributed by atoms with Crippen LogP contribution < -0.4 is 10.5 Å². The summed E-state index contributed by atoms with van der Waals surface area (Å²) in [5.41, 5.74) is 10.6. The molecule has 3 nitrogen and oxygen atoms in total. The molecule has 0 radical (unpaired) electrons. The van der Waals surface area contributed by atoms with Crippen molar-refractivity contribution in [3.05, 3.63) is 41.0 Å². The second kappa shape index (κ2) is 5.37. The van der Waals surface area contributed by atoms with Gasteiger partial charge in [0.05, 0.1) is 12.7 Å². The van der Waals surface area contributed by atoms with Gasteiger partial charge in [-0.05, 0) is 85.0 Å². The third-order valence-electron chi connectivity index (χ3n) is 7.26. The normalized spacial score (nSPS) is 34.2. The molecular weight excluding hydrogens is 298 g/mol. The molecule has 24 heavy (non-hydrogen) atoms. The number of primary amides is 1. The van der Waals surface area contributed by atoms with E-state index in [-0.39, 0.29) is 0 Å². The van der Waals surface area contributed by atoms with Crippen LogP contribution in [0.2, 0.25) is 0 Å². The number of hydrogen-bond acceptors (Lipinski definition) is 2. The van der Waals surface area contributed by atoms with Crippen LogP contribution in [0.15, 0.2) is 24.3 Å². The molecule has 4 rings (SSSR count). The molecule has 4 atom stereocenters. The first-order chi connectivity index (χ1) is 11.5. The highest BCUT2D eigenvalue weighted by Crippen LogP contribution is 2.62. The zero-order chi connectivity index (χ0) is 17.1. The van der Waals surface area contributed by atoms with Gasteiger partial charge in [-0.25, -0.2) is 0 Å². The lowest BCUT2D eigenvalue weighted by Crippen LogP contribution is -2.40. The molecule has 2 fully saturated rings. The average Bonchev–Trinajstić information content (AvgIpc) is 2.88. The number of ether oxygens (including phenoxy) is 1. The first kappa shape index (κ1) is 15.7. The van der Waals surface area contributed by atoms with Crippen LogP contribution in [0.3, 0.4) is 0 Å². The van der Waals surface area contributed by atoms with Crippen LogP contribution in [0.25, 0.3) is 0 Å². The average molecular weight is 325 g/mol. The van der Waals surface area contributed by atoms with Crippen molar-refractivity contribution in [2.45, 2.75) is 51.4 Å². The molecule has 2 N–H and O–H groups in total. The summed E-state index contributed by atoms with van der Waals surface area (Å²) in [7, 11) is 1.62. The fraction of sp³-hybridized carbons (Fsp3) is 0.571. The molecule has 3 aliphatic rings. The minimum Gasteiger partial charge on any atom is -0.496 e. The predicted molar refractivity (Wildman–Crippen MR) is 95.3 cm³/mol. The standard InChI is InChI=1S/C21H27NO2/c1-12-4-7-18-15-6-5-13-10-17(20(22)23)19(24-3)11-16(13)14(15)8-9-21(12,18)2/h10-11,14-15,18H,1,4-9H2,2-3H3,(H2,22,23)/t14?,15?,18?,21-/m1/s1. The van der Waals surface area contributed by atoms with Crippen LogP contribution >= 0.6 is 0 Å². The Morgan fingerprint density at radius 1 is 1.29 bits per heavy atom. The van der Waals surface area contributed by atoms with Crippen LogP contribution in [0.4, 0.5) is 0 Å². The van der Waals surface area contributed by atoms with Gasteiger partial charge in [-0.1, -0.05) is 19.1 Å². The van der Waals surface area contributed by atoms with E-state index in [2.05, 4.69) is 19.6 Å². The van der Waals surface area contributed by atoms with Gasteiger partial charge < -0.3 is 10.5 Å². The summed E-state index contributed by atoms with van der Waals surface area (Å²) in [4.78, 5) is 11.7. The fourth-order valence-electron chi connectivity index (χ4n) is 5.87. The number of methoxy groups -OCH3 is 1. The van der Waals surface area contributed by atoms with E-state index >= 15 is 0 Å². The van der Waals surface area contributed by atoms with E-state index in [1.54, 1.807) is 7.11 Å². The summed E-state index contributed by atoms with van der Waals surface area (Å²) < 4.78 is 5.46. The van der Waals surface area contributed by atoms with E-state index in [9.17, 15) is 4.79 Å². The van der Waals surface area contributed by atoms with Crippen molar-refractivity contribution in [2.75, 3.05) is 7.11 Å². The second-order valence-electron chi connectivity index (χ2n) is 8.13. The van der Waals surface area contributed by atoms with Crippen molar-refractivity contribution in [1.29, 1.82) is 0 Å². The van der Waals surface area contributed by atoms with Crippen molar-refractivity contribution >= 4 is 5.91 Å². The zero-order valence-corrected chi connectivity index (χ0v) is 14.7. The van der Waals surface area contributed by atoms with E-state index in [1.807, 2.05) is 6.07 Å². The number of benzene rings is 1. The third kappa shape index (κ3) is 2.06. The van der Waals surface area contributed by atoms with Gasteiger partial charge in [0.25, 0.3) is 5.91 Å². The molecule has 1 aromatic carbocycles.